The molecule has 9 nitrogen and oxygen atoms in total. The van der Waals surface area contributed by atoms with Gasteiger partial charge in [0.25, 0.3) is 5.78 Å². The predicted molar refractivity (Wildman–Crippen MR) is 149 cm³/mol. The zero-order valence-corrected chi connectivity index (χ0v) is 22.5. The van der Waals surface area contributed by atoms with Gasteiger partial charge in [-0.05, 0) is 51.2 Å². The van der Waals surface area contributed by atoms with Crippen LogP contribution in [0.3, 0.4) is 0 Å². The lowest BCUT2D eigenvalue weighted by atomic mass is 9.71. The van der Waals surface area contributed by atoms with Crippen LogP contribution in [-0.2, 0) is 17.3 Å². The van der Waals surface area contributed by atoms with Crippen LogP contribution in [0.2, 0.25) is 0 Å². The minimum absolute atomic E-state index is 0.388. The Hall–Kier alpha value is -4.53. The topological polar surface area (TPSA) is 99.2 Å². The Bertz CT molecular complexity index is 1640. The maximum atomic E-state index is 12.6. The van der Waals surface area contributed by atoms with Crippen molar-refractivity contribution in [1.82, 2.24) is 34.7 Å². The van der Waals surface area contributed by atoms with Crippen LogP contribution in [0.1, 0.15) is 45.6 Å². The van der Waals surface area contributed by atoms with E-state index in [0.29, 0.717) is 11.6 Å². The molecule has 3 heterocycles. The summed E-state index contributed by atoms with van der Waals surface area (Å²) in [6.45, 7) is 5.62. The second-order valence-electron chi connectivity index (χ2n) is 11.1. The first-order chi connectivity index (χ1) is 18.7. The summed E-state index contributed by atoms with van der Waals surface area (Å²) in [5.74, 6) is 1.08. The van der Waals surface area contributed by atoms with E-state index in [1.807, 2.05) is 58.4 Å². The van der Waals surface area contributed by atoms with Gasteiger partial charge in [0.2, 0.25) is 0 Å². The third kappa shape index (κ3) is 4.87. The van der Waals surface area contributed by atoms with Gasteiger partial charge in [-0.3, -0.25) is 4.68 Å². The Labute approximate surface area is 226 Å². The summed E-state index contributed by atoms with van der Waals surface area (Å²) in [6, 6.07) is 18.4. The molecule has 0 aliphatic heterocycles. The molecule has 0 bridgehead atoms. The molecule has 1 N–H and O–H groups in total. The third-order valence-corrected chi connectivity index (χ3v) is 7.04. The molecule has 1 aliphatic rings. The van der Waals surface area contributed by atoms with Gasteiger partial charge in [-0.1, -0.05) is 54.6 Å². The van der Waals surface area contributed by atoms with Gasteiger partial charge in [0, 0.05) is 30.6 Å². The monoisotopic (exact) mass is 521 g/mol. The summed E-state index contributed by atoms with van der Waals surface area (Å²) in [4.78, 5) is 22.2. The van der Waals surface area contributed by atoms with Crippen LogP contribution in [0.15, 0.2) is 73.2 Å². The van der Waals surface area contributed by atoms with Crippen molar-refractivity contribution >= 4 is 11.9 Å². The molecule has 0 spiro atoms. The summed E-state index contributed by atoms with van der Waals surface area (Å²) >= 11 is 0. The van der Waals surface area contributed by atoms with E-state index in [2.05, 4.69) is 56.9 Å². The average Bonchev–Trinajstić information content (AvgIpc) is 3.51. The Kier molecular flexibility index (Phi) is 5.94. The molecule has 0 saturated heterocycles. The van der Waals surface area contributed by atoms with Crippen LogP contribution in [0.25, 0.3) is 39.5 Å². The van der Waals surface area contributed by atoms with E-state index in [1.165, 1.54) is 0 Å². The van der Waals surface area contributed by atoms with Gasteiger partial charge >= 0.3 is 6.09 Å². The number of alkyl carbamates (subject to hydrolysis) is 1. The molecule has 1 aliphatic carbocycles. The maximum Gasteiger partial charge on any atom is 0.408 e. The number of nitrogens with zero attached hydrogens (tertiary/aromatic N) is 6. The number of hydrogen-bond acceptors (Lipinski definition) is 6. The molecule has 0 atom stereocenters. The summed E-state index contributed by atoms with van der Waals surface area (Å²) in [5.41, 5.74) is 4.69. The van der Waals surface area contributed by atoms with Crippen LogP contribution < -0.4 is 5.32 Å². The summed E-state index contributed by atoms with van der Waals surface area (Å²) in [6.07, 6.45) is 8.03. The van der Waals surface area contributed by atoms with Crippen LogP contribution in [0.4, 0.5) is 4.79 Å². The highest BCUT2D eigenvalue weighted by molar-refractivity contribution is 5.81. The van der Waals surface area contributed by atoms with Gasteiger partial charge in [0.15, 0.2) is 5.82 Å². The standard InChI is InChI=1S/C30H31N7O2/c1-29(2,3)39-28(38)34-30(15-8-16-30)23-13-11-21(12-14-23)25-24(20-9-6-5-7-10-20)19-37-27(32-25)33-26(35-37)22-17-31-36(4)18-22/h5-7,9-14,17-19H,8,15-16H2,1-4H3,(H,34,38). The van der Waals surface area contributed by atoms with Gasteiger partial charge < -0.3 is 10.1 Å². The van der Waals surface area contributed by atoms with Gasteiger partial charge in [0.05, 0.1) is 23.0 Å². The number of carbonyl (C=O) groups is 1. The fraction of sp³-hybridized carbons (Fsp3) is 0.300. The highest BCUT2D eigenvalue weighted by Crippen LogP contribution is 2.42. The molecule has 39 heavy (non-hydrogen) atoms. The lowest BCUT2D eigenvalue weighted by Gasteiger charge is -2.43. The van der Waals surface area contributed by atoms with Crippen molar-refractivity contribution in [1.29, 1.82) is 0 Å². The van der Waals surface area contributed by atoms with Gasteiger partial charge in [-0.15, -0.1) is 5.10 Å². The van der Waals surface area contributed by atoms with Gasteiger partial charge in [-0.25, -0.2) is 14.3 Å². The molecule has 3 aromatic heterocycles. The second kappa shape index (κ2) is 9.34. The van der Waals surface area contributed by atoms with Crippen LogP contribution >= 0.6 is 0 Å². The molecular formula is C30H31N7O2. The number of ether oxygens (including phenoxy) is 1. The van der Waals surface area contributed by atoms with E-state index < -0.39 is 11.1 Å². The fourth-order valence-electron chi connectivity index (χ4n) is 4.99. The smallest absolute Gasteiger partial charge is 0.408 e. The second-order valence-corrected chi connectivity index (χ2v) is 11.1. The van der Waals surface area contributed by atoms with E-state index in [-0.39, 0.29) is 6.09 Å². The Morgan fingerprint density at radius 3 is 2.31 bits per heavy atom. The molecule has 5 aromatic rings. The SMILES string of the molecule is Cn1cc(-c2nc3nc(-c4ccc(C5(NC(=O)OC(C)(C)C)CCC5)cc4)c(-c4ccccc4)cn3n2)cn1. The fourth-order valence-corrected chi connectivity index (χ4v) is 4.99. The molecule has 0 radical (unpaired) electrons. The number of amides is 1. The zero-order valence-electron chi connectivity index (χ0n) is 22.5. The van der Waals surface area contributed by atoms with Crippen molar-refractivity contribution in [3.05, 3.63) is 78.8 Å². The van der Waals surface area contributed by atoms with Crippen LogP contribution in [-0.4, -0.2) is 41.1 Å². The quantitative estimate of drug-likeness (QED) is 0.316. The number of nitrogens with one attached hydrogen (secondary N) is 1. The van der Waals surface area contributed by atoms with Crippen molar-refractivity contribution in [3.8, 4) is 33.8 Å². The Morgan fingerprint density at radius 1 is 0.949 bits per heavy atom. The zero-order chi connectivity index (χ0) is 27.2. The number of aryl methyl sites for hydroxylation is 1. The maximum absolute atomic E-state index is 12.6. The number of carbonyl (C=O) groups excluding carboxylic acids is 1. The molecule has 6 rings (SSSR count). The number of fused-ring (bicyclic) bond motifs is 1. The summed E-state index contributed by atoms with van der Waals surface area (Å²) < 4.78 is 8.99. The molecule has 9 heteroatoms. The van der Waals surface area contributed by atoms with E-state index >= 15 is 0 Å². The minimum atomic E-state index is -0.546. The van der Waals surface area contributed by atoms with Crippen molar-refractivity contribution in [2.24, 2.45) is 7.05 Å². The van der Waals surface area contributed by atoms with Gasteiger partial charge in [0.1, 0.15) is 5.60 Å². The molecule has 1 fully saturated rings. The highest BCUT2D eigenvalue weighted by atomic mass is 16.6. The van der Waals surface area contributed by atoms with E-state index in [9.17, 15) is 4.79 Å². The van der Waals surface area contributed by atoms with Crippen molar-refractivity contribution in [2.45, 2.75) is 51.2 Å². The molecule has 1 saturated carbocycles. The first kappa shape index (κ1) is 24.8. The Balaban J connectivity index is 1.38. The first-order valence-corrected chi connectivity index (χ1v) is 13.1. The summed E-state index contributed by atoms with van der Waals surface area (Å²) in [7, 11) is 1.86. The molecule has 198 valence electrons. The lowest BCUT2D eigenvalue weighted by Crippen LogP contribution is -2.52. The van der Waals surface area contributed by atoms with Crippen molar-refractivity contribution < 1.29 is 9.53 Å². The number of benzene rings is 2. The van der Waals surface area contributed by atoms with E-state index in [1.54, 1.807) is 15.4 Å². The molecule has 0 unspecified atom stereocenters. The predicted octanol–water partition coefficient (Wildman–Crippen LogP) is 5.76. The van der Waals surface area contributed by atoms with Crippen molar-refractivity contribution in [3.63, 3.8) is 0 Å². The van der Waals surface area contributed by atoms with Crippen LogP contribution in [0, 0.1) is 0 Å². The molecular weight excluding hydrogens is 490 g/mol. The number of rotatable bonds is 5. The number of aromatic nitrogens is 6. The normalized spacial score (nSPS) is 14.7. The average molecular weight is 522 g/mol. The minimum Gasteiger partial charge on any atom is -0.444 e. The number of hydrogen-bond donors (Lipinski definition) is 1. The Morgan fingerprint density at radius 2 is 1.69 bits per heavy atom. The molecule has 2 aromatic carbocycles. The van der Waals surface area contributed by atoms with Gasteiger partial charge in [-0.2, -0.15) is 10.1 Å². The first-order valence-electron chi connectivity index (χ1n) is 13.1. The summed E-state index contributed by atoms with van der Waals surface area (Å²) in [5, 5.41) is 12.1. The largest absolute Gasteiger partial charge is 0.444 e. The third-order valence-electron chi connectivity index (χ3n) is 7.04. The van der Waals surface area contributed by atoms with E-state index in [4.69, 9.17) is 9.72 Å². The lowest BCUT2D eigenvalue weighted by molar-refractivity contribution is 0.0377. The van der Waals surface area contributed by atoms with E-state index in [0.717, 1.165) is 52.8 Å². The van der Waals surface area contributed by atoms with Crippen LogP contribution in [0.5, 0.6) is 0 Å². The highest BCUT2D eigenvalue weighted by Gasteiger charge is 2.41. The van der Waals surface area contributed by atoms with Crippen molar-refractivity contribution in [2.75, 3.05) is 0 Å². The molecule has 1 amide bonds.